The summed E-state index contributed by atoms with van der Waals surface area (Å²) >= 11 is 7.16. The van der Waals surface area contributed by atoms with Gasteiger partial charge in [0.15, 0.2) is 5.13 Å². The molecule has 1 heterocycles. The number of carbonyl (C=O) groups excluding carboxylic acids is 2. The Kier molecular flexibility index (Phi) is 7.15. The van der Waals surface area contributed by atoms with Crippen molar-refractivity contribution in [2.24, 2.45) is 0 Å². The van der Waals surface area contributed by atoms with Crippen molar-refractivity contribution in [3.8, 4) is 0 Å². The Bertz CT molecular complexity index is 994. The summed E-state index contributed by atoms with van der Waals surface area (Å²) in [5, 5.41) is 10.9. The summed E-state index contributed by atoms with van der Waals surface area (Å²) < 4.78 is 12.9. The minimum absolute atomic E-state index is 0.129. The van der Waals surface area contributed by atoms with Crippen LogP contribution in [-0.2, 0) is 17.8 Å². The first-order valence-electron chi connectivity index (χ1n) is 8.77. The lowest BCUT2D eigenvalue weighted by Crippen LogP contribution is -2.23. The van der Waals surface area contributed by atoms with Gasteiger partial charge < -0.3 is 10.6 Å². The third kappa shape index (κ3) is 6.85. The molecule has 0 atom stereocenters. The van der Waals surface area contributed by atoms with Crippen molar-refractivity contribution < 1.29 is 14.0 Å². The molecule has 0 fully saturated rings. The Balaban J connectivity index is 1.41. The highest BCUT2D eigenvalue weighted by Crippen LogP contribution is 2.18. The largest absolute Gasteiger partial charge is 0.352 e. The van der Waals surface area contributed by atoms with E-state index < -0.39 is 6.03 Å². The second kappa shape index (κ2) is 9.99. The molecule has 9 heteroatoms. The summed E-state index contributed by atoms with van der Waals surface area (Å²) in [5.41, 5.74) is 2.11. The minimum Gasteiger partial charge on any atom is -0.352 e. The number of nitrogens with one attached hydrogen (secondary N) is 3. The molecule has 3 amide bonds. The monoisotopic (exact) mass is 432 g/mol. The first kappa shape index (κ1) is 20.8. The number of halogens is 2. The smallest absolute Gasteiger partial charge is 0.325 e. The van der Waals surface area contributed by atoms with E-state index in [1.54, 1.807) is 41.8 Å². The number of urea groups is 1. The summed E-state index contributed by atoms with van der Waals surface area (Å²) in [6.45, 7) is 0.340. The molecule has 1 aromatic heterocycles. The quantitative estimate of drug-likeness (QED) is 0.500. The van der Waals surface area contributed by atoms with Crippen molar-refractivity contribution in [2.45, 2.75) is 19.4 Å². The van der Waals surface area contributed by atoms with Crippen LogP contribution in [0, 0.1) is 5.82 Å². The van der Waals surface area contributed by atoms with E-state index in [2.05, 4.69) is 20.9 Å². The zero-order valence-corrected chi connectivity index (χ0v) is 16.8. The van der Waals surface area contributed by atoms with Crippen LogP contribution in [0.4, 0.5) is 20.0 Å². The maximum Gasteiger partial charge on any atom is 0.325 e. The Morgan fingerprint density at radius 3 is 2.66 bits per heavy atom. The number of rotatable bonds is 7. The number of amides is 3. The highest BCUT2D eigenvalue weighted by molar-refractivity contribution is 7.13. The van der Waals surface area contributed by atoms with Gasteiger partial charge in [-0.05, 0) is 42.3 Å². The van der Waals surface area contributed by atoms with E-state index in [4.69, 9.17) is 11.6 Å². The van der Waals surface area contributed by atoms with Crippen molar-refractivity contribution in [2.75, 3.05) is 10.6 Å². The number of aromatic nitrogens is 1. The number of hydrogen-bond acceptors (Lipinski definition) is 4. The van der Waals surface area contributed by atoms with Crippen LogP contribution in [0.5, 0.6) is 0 Å². The molecule has 2 aromatic carbocycles. The normalized spacial score (nSPS) is 10.4. The molecule has 3 aromatic rings. The van der Waals surface area contributed by atoms with Crippen LogP contribution >= 0.6 is 22.9 Å². The lowest BCUT2D eigenvalue weighted by molar-refractivity contribution is -0.121. The Morgan fingerprint density at radius 2 is 1.90 bits per heavy atom. The predicted octanol–water partition coefficient (Wildman–Crippen LogP) is 4.83. The van der Waals surface area contributed by atoms with Crippen LogP contribution in [0.3, 0.4) is 0 Å². The lowest BCUT2D eigenvalue weighted by Gasteiger charge is -2.05. The minimum atomic E-state index is -0.426. The Labute approximate surface area is 176 Å². The van der Waals surface area contributed by atoms with Crippen molar-refractivity contribution >= 4 is 45.7 Å². The number of benzene rings is 2. The maximum atomic E-state index is 12.9. The van der Waals surface area contributed by atoms with Gasteiger partial charge in [0.1, 0.15) is 5.82 Å². The molecule has 150 valence electrons. The molecule has 0 spiro atoms. The van der Waals surface area contributed by atoms with E-state index in [0.717, 1.165) is 5.56 Å². The van der Waals surface area contributed by atoms with Crippen molar-refractivity contribution in [1.29, 1.82) is 0 Å². The van der Waals surface area contributed by atoms with E-state index in [0.29, 0.717) is 34.5 Å². The molecule has 0 bridgehead atoms. The fourth-order valence-corrected chi connectivity index (χ4v) is 3.37. The predicted molar refractivity (Wildman–Crippen MR) is 113 cm³/mol. The summed E-state index contributed by atoms with van der Waals surface area (Å²) in [7, 11) is 0. The van der Waals surface area contributed by atoms with Gasteiger partial charge in [-0.2, -0.15) is 0 Å². The van der Waals surface area contributed by atoms with Gasteiger partial charge in [-0.1, -0.05) is 29.8 Å². The van der Waals surface area contributed by atoms with Crippen LogP contribution < -0.4 is 16.0 Å². The van der Waals surface area contributed by atoms with E-state index >= 15 is 0 Å². The molecule has 0 aliphatic carbocycles. The van der Waals surface area contributed by atoms with Gasteiger partial charge >= 0.3 is 6.03 Å². The summed E-state index contributed by atoms with van der Waals surface area (Å²) in [5.74, 6) is -0.440. The molecule has 3 rings (SSSR count). The number of hydrogen-bond donors (Lipinski definition) is 3. The van der Waals surface area contributed by atoms with Gasteiger partial charge in [0.2, 0.25) is 5.91 Å². The fraction of sp³-hybridized carbons (Fsp3) is 0.150. The van der Waals surface area contributed by atoms with Crippen molar-refractivity contribution in [3.05, 3.63) is 76.0 Å². The van der Waals surface area contributed by atoms with Gasteiger partial charge in [0.25, 0.3) is 0 Å². The summed E-state index contributed by atoms with van der Waals surface area (Å²) in [4.78, 5) is 28.3. The average Bonchev–Trinajstić information content (AvgIpc) is 3.13. The van der Waals surface area contributed by atoms with Gasteiger partial charge in [0.05, 0.1) is 5.69 Å². The molecule has 0 radical (unpaired) electrons. The highest BCUT2D eigenvalue weighted by Gasteiger charge is 2.09. The van der Waals surface area contributed by atoms with Gasteiger partial charge in [0, 0.05) is 29.1 Å². The summed E-state index contributed by atoms with van der Waals surface area (Å²) in [6.07, 6.45) is 0.711. The second-order valence-electron chi connectivity index (χ2n) is 6.14. The zero-order valence-electron chi connectivity index (χ0n) is 15.2. The molecule has 0 saturated carbocycles. The number of carbonyl (C=O) groups is 2. The topological polar surface area (TPSA) is 83.1 Å². The van der Waals surface area contributed by atoms with Gasteiger partial charge in [-0.3, -0.25) is 10.1 Å². The van der Waals surface area contributed by atoms with E-state index in [1.165, 1.54) is 23.5 Å². The summed E-state index contributed by atoms with van der Waals surface area (Å²) in [6, 6.07) is 12.4. The molecule has 3 N–H and O–H groups in total. The number of thiazole rings is 1. The Morgan fingerprint density at radius 1 is 1.10 bits per heavy atom. The second-order valence-corrected chi connectivity index (χ2v) is 7.43. The van der Waals surface area contributed by atoms with Crippen molar-refractivity contribution in [3.63, 3.8) is 0 Å². The molecular formula is C20H18ClFN4O2S. The molecule has 0 aliphatic rings. The molecule has 0 aliphatic heterocycles. The van der Waals surface area contributed by atoms with Crippen LogP contribution in [0.15, 0.2) is 53.9 Å². The molecule has 0 saturated heterocycles. The van der Waals surface area contributed by atoms with E-state index in [9.17, 15) is 14.0 Å². The van der Waals surface area contributed by atoms with E-state index in [-0.39, 0.29) is 18.1 Å². The van der Waals surface area contributed by atoms with Gasteiger partial charge in [-0.15, -0.1) is 11.3 Å². The Hall–Kier alpha value is -2.97. The first-order chi connectivity index (χ1) is 14.0. The SMILES string of the molecule is O=C(CCc1csc(NC(=O)Nc2cccc(Cl)c2)n1)NCc1ccc(F)cc1. The molecular weight excluding hydrogens is 415 g/mol. The van der Waals surface area contributed by atoms with Gasteiger partial charge in [-0.25, -0.2) is 14.2 Å². The number of nitrogens with zero attached hydrogens (tertiary/aromatic N) is 1. The third-order valence-corrected chi connectivity index (χ3v) is 4.91. The standard InChI is InChI=1S/C20H18ClFN4O2S/c21-14-2-1-3-16(10-14)24-19(28)26-20-25-17(12-29-20)8-9-18(27)23-11-13-4-6-15(22)7-5-13/h1-7,10,12H,8-9,11H2,(H,23,27)(H2,24,25,26,28). The van der Waals surface area contributed by atoms with E-state index in [1.807, 2.05) is 0 Å². The van der Waals surface area contributed by atoms with Crippen molar-refractivity contribution in [1.82, 2.24) is 10.3 Å². The number of aryl methyl sites for hydroxylation is 1. The molecule has 6 nitrogen and oxygen atoms in total. The van der Waals surface area contributed by atoms with Crippen LogP contribution in [0.25, 0.3) is 0 Å². The molecule has 0 unspecified atom stereocenters. The molecule has 29 heavy (non-hydrogen) atoms. The van der Waals surface area contributed by atoms with Crippen LogP contribution in [0.2, 0.25) is 5.02 Å². The number of anilines is 2. The maximum absolute atomic E-state index is 12.9. The third-order valence-electron chi connectivity index (χ3n) is 3.87. The average molecular weight is 433 g/mol. The van der Waals surface area contributed by atoms with Crippen LogP contribution in [-0.4, -0.2) is 16.9 Å². The highest BCUT2D eigenvalue weighted by atomic mass is 35.5. The first-order valence-corrected chi connectivity index (χ1v) is 10.0. The fourth-order valence-electron chi connectivity index (χ4n) is 2.44. The van der Waals surface area contributed by atoms with Crippen LogP contribution in [0.1, 0.15) is 17.7 Å². The lowest BCUT2D eigenvalue weighted by atomic mass is 10.2. The zero-order chi connectivity index (χ0) is 20.6.